The summed E-state index contributed by atoms with van der Waals surface area (Å²) in [7, 11) is 1.56. The van der Waals surface area contributed by atoms with Crippen LogP contribution >= 0.6 is 0 Å². The fourth-order valence-corrected chi connectivity index (χ4v) is 1.96. The lowest BCUT2D eigenvalue weighted by Gasteiger charge is -2.27. The number of urea groups is 1. The van der Waals surface area contributed by atoms with Crippen LogP contribution < -0.4 is 20.9 Å². The number of anilines is 2. The Morgan fingerprint density at radius 1 is 1.27 bits per heavy atom. The molecule has 122 valence electrons. The highest BCUT2D eigenvalue weighted by Gasteiger charge is 2.17. The summed E-state index contributed by atoms with van der Waals surface area (Å²) in [6.45, 7) is 7.07. The van der Waals surface area contributed by atoms with Crippen LogP contribution in [0.15, 0.2) is 0 Å². The van der Waals surface area contributed by atoms with Crippen LogP contribution in [-0.2, 0) is 11.3 Å². The number of amides is 2. The van der Waals surface area contributed by atoms with Crippen molar-refractivity contribution in [1.29, 1.82) is 0 Å². The van der Waals surface area contributed by atoms with E-state index in [2.05, 4.69) is 35.8 Å². The molecule has 0 aliphatic carbocycles. The van der Waals surface area contributed by atoms with Crippen molar-refractivity contribution >= 4 is 17.9 Å². The van der Waals surface area contributed by atoms with Crippen LogP contribution in [0.5, 0.6) is 0 Å². The lowest BCUT2D eigenvalue weighted by molar-refractivity contribution is 0.122. The molecule has 0 unspecified atom stereocenters. The number of nitrogens with zero attached hydrogens (tertiary/aromatic N) is 4. The zero-order chi connectivity index (χ0) is 15.9. The third-order valence-corrected chi connectivity index (χ3v) is 3.02. The molecule has 9 nitrogen and oxygen atoms in total. The van der Waals surface area contributed by atoms with E-state index in [4.69, 9.17) is 4.74 Å². The monoisotopic (exact) mass is 309 g/mol. The maximum atomic E-state index is 11.3. The quantitative estimate of drug-likeness (QED) is 0.701. The molecule has 0 bridgehead atoms. The standard InChI is InChI=1S/C13H23N7O2/c1-9(2)16-11-17-10(8-15-13(21)14-3)18-12(19-11)20-4-6-22-7-5-20/h9H,4-8H2,1-3H3,(H2,14,15,21)(H,16,17,18,19). The van der Waals surface area contributed by atoms with Gasteiger partial charge in [0.15, 0.2) is 5.82 Å². The predicted molar refractivity (Wildman–Crippen MR) is 82.9 cm³/mol. The molecule has 1 aliphatic rings. The van der Waals surface area contributed by atoms with Gasteiger partial charge in [-0.1, -0.05) is 0 Å². The van der Waals surface area contributed by atoms with Gasteiger partial charge in [0.25, 0.3) is 0 Å². The number of aromatic nitrogens is 3. The van der Waals surface area contributed by atoms with Crippen LogP contribution in [0, 0.1) is 0 Å². The van der Waals surface area contributed by atoms with E-state index in [1.54, 1.807) is 7.05 Å². The topological polar surface area (TPSA) is 104 Å². The summed E-state index contributed by atoms with van der Waals surface area (Å²) >= 11 is 0. The van der Waals surface area contributed by atoms with Crippen LogP contribution in [0.25, 0.3) is 0 Å². The Hall–Kier alpha value is -2.16. The van der Waals surface area contributed by atoms with Crippen LogP contribution in [0.2, 0.25) is 0 Å². The Labute approximate surface area is 129 Å². The van der Waals surface area contributed by atoms with Crippen LogP contribution in [0.3, 0.4) is 0 Å². The maximum absolute atomic E-state index is 11.3. The number of nitrogens with one attached hydrogen (secondary N) is 3. The molecule has 0 atom stereocenters. The second-order valence-corrected chi connectivity index (χ2v) is 5.21. The van der Waals surface area contributed by atoms with E-state index < -0.39 is 0 Å². The first-order valence-corrected chi connectivity index (χ1v) is 7.38. The fraction of sp³-hybridized carbons (Fsp3) is 0.692. The molecule has 3 N–H and O–H groups in total. The minimum Gasteiger partial charge on any atom is -0.378 e. The zero-order valence-electron chi connectivity index (χ0n) is 13.2. The summed E-state index contributed by atoms with van der Waals surface area (Å²) in [5.41, 5.74) is 0. The Bertz CT molecular complexity index is 503. The van der Waals surface area contributed by atoms with Crippen molar-refractivity contribution in [2.24, 2.45) is 0 Å². The molecule has 0 spiro atoms. The largest absolute Gasteiger partial charge is 0.378 e. The zero-order valence-corrected chi connectivity index (χ0v) is 13.2. The third-order valence-electron chi connectivity index (χ3n) is 3.02. The first-order chi connectivity index (χ1) is 10.6. The number of rotatable bonds is 5. The van der Waals surface area contributed by atoms with Crippen LogP contribution in [0.4, 0.5) is 16.7 Å². The second kappa shape index (κ2) is 7.74. The average Bonchev–Trinajstić information content (AvgIpc) is 2.52. The minimum atomic E-state index is -0.272. The van der Waals surface area contributed by atoms with Gasteiger partial charge in [-0.25, -0.2) is 4.79 Å². The Balaban J connectivity index is 2.17. The van der Waals surface area contributed by atoms with Gasteiger partial charge in [0.05, 0.1) is 19.8 Å². The molecular weight excluding hydrogens is 286 g/mol. The van der Waals surface area contributed by atoms with Gasteiger partial charge in [0.1, 0.15) is 0 Å². The third kappa shape index (κ3) is 4.69. The molecule has 9 heteroatoms. The molecule has 2 amide bonds. The van der Waals surface area contributed by atoms with Crippen molar-refractivity contribution in [1.82, 2.24) is 25.6 Å². The van der Waals surface area contributed by atoms with E-state index in [0.29, 0.717) is 30.9 Å². The van der Waals surface area contributed by atoms with Gasteiger partial charge in [-0.3, -0.25) is 0 Å². The lowest BCUT2D eigenvalue weighted by Crippen LogP contribution is -2.38. The maximum Gasteiger partial charge on any atom is 0.314 e. The highest BCUT2D eigenvalue weighted by Crippen LogP contribution is 2.13. The number of carbonyl (C=O) groups is 1. The number of hydrogen-bond acceptors (Lipinski definition) is 7. The van der Waals surface area contributed by atoms with Gasteiger partial charge in [0, 0.05) is 26.2 Å². The molecule has 1 saturated heterocycles. The number of carbonyl (C=O) groups excluding carboxylic acids is 1. The van der Waals surface area contributed by atoms with E-state index in [1.807, 2.05) is 13.8 Å². The van der Waals surface area contributed by atoms with Gasteiger partial charge >= 0.3 is 6.03 Å². The number of ether oxygens (including phenoxy) is 1. The summed E-state index contributed by atoms with van der Waals surface area (Å²) in [6, 6.07) is -0.0635. The van der Waals surface area contributed by atoms with Crippen molar-refractivity contribution in [3.05, 3.63) is 5.82 Å². The van der Waals surface area contributed by atoms with E-state index in [1.165, 1.54) is 0 Å². The van der Waals surface area contributed by atoms with Gasteiger partial charge in [0.2, 0.25) is 11.9 Å². The Kier molecular flexibility index (Phi) is 5.70. The molecular formula is C13H23N7O2. The van der Waals surface area contributed by atoms with Gasteiger partial charge in [-0.05, 0) is 13.8 Å². The van der Waals surface area contributed by atoms with Crippen molar-refractivity contribution in [2.45, 2.75) is 26.4 Å². The van der Waals surface area contributed by atoms with E-state index in [9.17, 15) is 4.79 Å². The van der Waals surface area contributed by atoms with Crippen molar-refractivity contribution in [3.8, 4) is 0 Å². The van der Waals surface area contributed by atoms with E-state index in [0.717, 1.165) is 13.1 Å². The molecule has 1 aromatic heterocycles. The average molecular weight is 309 g/mol. The number of hydrogen-bond donors (Lipinski definition) is 3. The minimum absolute atomic E-state index is 0.208. The molecule has 0 radical (unpaired) electrons. The van der Waals surface area contributed by atoms with Crippen molar-refractivity contribution in [3.63, 3.8) is 0 Å². The number of morpholine rings is 1. The molecule has 0 aromatic carbocycles. The van der Waals surface area contributed by atoms with Gasteiger partial charge < -0.3 is 25.6 Å². The fourth-order valence-electron chi connectivity index (χ4n) is 1.96. The Morgan fingerprint density at radius 2 is 2.00 bits per heavy atom. The highest BCUT2D eigenvalue weighted by atomic mass is 16.5. The van der Waals surface area contributed by atoms with Gasteiger partial charge in [-0.15, -0.1) is 0 Å². The second-order valence-electron chi connectivity index (χ2n) is 5.21. The molecule has 2 rings (SSSR count). The molecule has 1 fully saturated rings. The summed E-state index contributed by atoms with van der Waals surface area (Å²) in [6.07, 6.45) is 0. The summed E-state index contributed by atoms with van der Waals surface area (Å²) in [4.78, 5) is 26.6. The molecule has 1 aliphatic heterocycles. The van der Waals surface area contributed by atoms with Crippen LogP contribution in [-0.4, -0.2) is 60.4 Å². The molecule has 2 heterocycles. The predicted octanol–water partition coefficient (Wildman–Crippen LogP) is -0.0425. The first-order valence-electron chi connectivity index (χ1n) is 7.38. The highest BCUT2D eigenvalue weighted by molar-refractivity contribution is 5.73. The molecule has 22 heavy (non-hydrogen) atoms. The SMILES string of the molecule is CNC(=O)NCc1nc(NC(C)C)nc(N2CCOCC2)n1. The Morgan fingerprint density at radius 3 is 2.64 bits per heavy atom. The van der Waals surface area contributed by atoms with Crippen LogP contribution in [0.1, 0.15) is 19.7 Å². The summed E-state index contributed by atoms with van der Waals surface area (Å²) in [5, 5.41) is 8.36. The van der Waals surface area contributed by atoms with E-state index in [-0.39, 0.29) is 18.6 Å². The van der Waals surface area contributed by atoms with E-state index >= 15 is 0 Å². The normalized spacial score (nSPS) is 14.8. The van der Waals surface area contributed by atoms with Crippen molar-refractivity contribution in [2.75, 3.05) is 43.6 Å². The summed E-state index contributed by atoms with van der Waals surface area (Å²) < 4.78 is 5.35. The first kappa shape index (κ1) is 16.2. The van der Waals surface area contributed by atoms with Crippen molar-refractivity contribution < 1.29 is 9.53 Å². The molecule has 0 saturated carbocycles. The smallest absolute Gasteiger partial charge is 0.314 e. The lowest BCUT2D eigenvalue weighted by atomic mass is 10.4. The summed E-state index contributed by atoms with van der Waals surface area (Å²) in [5.74, 6) is 1.64. The molecule has 1 aromatic rings. The van der Waals surface area contributed by atoms with Gasteiger partial charge in [-0.2, -0.15) is 15.0 Å².